The molecule has 8 aromatic rings. The van der Waals surface area contributed by atoms with Crippen LogP contribution in [0.3, 0.4) is 0 Å². The third kappa shape index (κ3) is 9.04. The van der Waals surface area contributed by atoms with Crippen molar-refractivity contribution >= 4 is 58.4 Å². The molecule has 58 heavy (non-hydrogen) atoms. The van der Waals surface area contributed by atoms with Crippen molar-refractivity contribution in [3.8, 4) is 0 Å². The molecule has 0 saturated carbocycles. The molecule has 0 aromatic heterocycles. The highest BCUT2D eigenvalue weighted by atomic mass is 19.1. The van der Waals surface area contributed by atoms with E-state index in [0.717, 1.165) is 77.6 Å². The lowest BCUT2D eigenvalue weighted by molar-refractivity contribution is 0.627. The van der Waals surface area contributed by atoms with E-state index in [9.17, 15) is 17.6 Å². The van der Waals surface area contributed by atoms with Gasteiger partial charge in [-0.2, -0.15) is 0 Å². The Bertz CT molecular complexity index is 2500. The van der Waals surface area contributed by atoms with Crippen LogP contribution in [-0.2, 0) is 0 Å². The molecule has 0 heterocycles. The van der Waals surface area contributed by atoms with E-state index in [1.165, 1.54) is 48.5 Å². The first-order valence-corrected chi connectivity index (χ1v) is 18.9. The van der Waals surface area contributed by atoms with Gasteiger partial charge in [0, 0.05) is 0 Å². The summed E-state index contributed by atoms with van der Waals surface area (Å²) in [7, 11) is 0. The van der Waals surface area contributed by atoms with Crippen molar-refractivity contribution in [3.05, 3.63) is 261 Å². The minimum Gasteiger partial charge on any atom is -0.207 e. The normalized spacial score (nSPS) is 11.3. The molecule has 0 amide bonds. The highest BCUT2D eigenvalue weighted by Gasteiger charge is 2.09. The predicted molar refractivity (Wildman–Crippen MR) is 234 cm³/mol. The van der Waals surface area contributed by atoms with E-state index in [0.29, 0.717) is 0 Å². The summed E-state index contributed by atoms with van der Waals surface area (Å²) in [4.78, 5) is 0. The zero-order chi connectivity index (χ0) is 39.8. The van der Waals surface area contributed by atoms with Gasteiger partial charge in [0.25, 0.3) is 0 Å². The summed E-state index contributed by atoms with van der Waals surface area (Å²) in [5, 5.41) is 2.27. The molecule has 0 nitrogen and oxygen atoms in total. The average Bonchev–Trinajstić information content (AvgIpc) is 3.26. The molecule has 0 atom stereocenters. The maximum Gasteiger partial charge on any atom is 0.123 e. The third-order valence-corrected chi connectivity index (χ3v) is 10.0. The van der Waals surface area contributed by atoms with E-state index in [1.54, 1.807) is 48.5 Å². The molecule has 0 saturated heterocycles. The summed E-state index contributed by atoms with van der Waals surface area (Å²) in [5.41, 5.74) is 11.3. The Labute approximate surface area is 335 Å². The average molecular weight is 761 g/mol. The third-order valence-electron chi connectivity index (χ3n) is 10.0. The van der Waals surface area contributed by atoms with E-state index in [1.807, 2.05) is 48.6 Å². The Hall–Kier alpha value is -7.30. The first-order chi connectivity index (χ1) is 28.3. The van der Waals surface area contributed by atoms with E-state index < -0.39 is 0 Å². The molecule has 0 aliphatic rings. The summed E-state index contributed by atoms with van der Waals surface area (Å²) < 4.78 is 54.9. The van der Waals surface area contributed by atoms with Crippen LogP contribution in [0.2, 0.25) is 0 Å². The van der Waals surface area contributed by atoms with Crippen molar-refractivity contribution in [2.75, 3.05) is 0 Å². The van der Waals surface area contributed by atoms with Crippen LogP contribution in [0.1, 0.15) is 55.6 Å². The molecule has 8 aromatic carbocycles. The summed E-state index contributed by atoms with van der Waals surface area (Å²) in [6, 6.07) is 54.3. The SMILES string of the molecule is Fc1ccc(C(=Cc2ccc(/C=C/c3ccc(/C=C/c4ccc(C=C(c5ccc(F)cc5)c5ccc(F)cc5)cc4)c4ccccc34)cc2)c2ccc(F)cc2)cc1. The standard InChI is InChI=1S/C54H36F4/c55-47-27-19-43(20-28-47)53(44-21-29-48(56)30-22-44)35-39-9-5-37(6-10-39)13-15-41-17-18-42(52-4-2-1-3-51(41)52)16-14-38-7-11-40(12-8-38)36-54(45-23-31-49(57)32-24-45)46-25-33-50(58)34-26-46/h1-36H/b15-13+,16-14+. The molecule has 0 aliphatic carbocycles. The maximum absolute atomic E-state index is 13.7. The maximum atomic E-state index is 13.7. The van der Waals surface area contributed by atoms with Gasteiger partial charge in [-0.1, -0.05) is 158 Å². The molecule has 0 fully saturated rings. The fraction of sp³-hybridized carbons (Fsp3) is 0. The van der Waals surface area contributed by atoms with Gasteiger partial charge in [-0.05, 0) is 138 Å². The summed E-state index contributed by atoms with van der Waals surface area (Å²) >= 11 is 0. The van der Waals surface area contributed by atoms with Gasteiger partial charge in [-0.3, -0.25) is 0 Å². The minimum atomic E-state index is -0.311. The fourth-order valence-corrected chi connectivity index (χ4v) is 6.93. The second-order valence-electron chi connectivity index (χ2n) is 13.9. The van der Waals surface area contributed by atoms with Crippen molar-refractivity contribution < 1.29 is 17.6 Å². The van der Waals surface area contributed by atoms with Crippen LogP contribution in [0, 0.1) is 23.3 Å². The van der Waals surface area contributed by atoms with Gasteiger partial charge in [0.15, 0.2) is 0 Å². The quantitative estimate of drug-likeness (QED) is 0.0962. The molecule has 4 heteroatoms. The van der Waals surface area contributed by atoms with Crippen LogP contribution in [0.15, 0.2) is 182 Å². The fourth-order valence-electron chi connectivity index (χ4n) is 6.93. The molecule has 8 rings (SSSR count). The Morgan fingerprint density at radius 1 is 0.276 bits per heavy atom. The Kier molecular flexibility index (Phi) is 11.2. The van der Waals surface area contributed by atoms with Crippen LogP contribution in [0.5, 0.6) is 0 Å². The number of hydrogen-bond acceptors (Lipinski definition) is 0. The number of rotatable bonds is 10. The summed E-state index contributed by atoms with van der Waals surface area (Å²) in [6.45, 7) is 0. The van der Waals surface area contributed by atoms with Crippen molar-refractivity contribution in [1.82, 2.24) is 0 Å². The van der Waals surface area contributed by atoms with Crippen molar-refractivity contribution in [2.45, 2.75) is 0 Å². The monoisotopic (exact) mass is 760 g/mol. The largest absolute Gasteiger partial charge is 0.207 e. The first-order valence-electron chi connectivity index (χ1n) is 18.9. The van der Waals surface area contributed by atoms with Crippen LogP contribution in [0.4, 0.5) is 17.6 Å². The molecule has 0 spiro atoms. The Morgan fingerprint density at radius 2 is 0.552 bits per heavy atom. The lowest BCUT2D eigenvalue weighted by Crippen LogP contribution is -1.90. The lowest BCUT2D eigenvalue weighted by Gasteiger charge is -2.10. The van der Waals surface area contributed by atoms with Crippen LogP contribution in [-0.4, -0.2) is 0 Å². The van der Waals surface area contributed by atoms with Gasteiger partial charge >= 0.3 is 0 Å². The minimum absolute atomic E-state index is 0.311. The van der Waals surface area contributed by atoms with Crippen LogP contribution < -0.4 is 0 Å². The highest BCUT2D eigenvalue weighted by Crippen LogP contribution is 2.30. The predicted octanol–water partition coefficient (Wildman–Crippen LogP) is 14.9. The molecule has 0 aliphatic heterocycles. The number of hydrogen-bond donors (Lipinski definition) is 0. The van der Waals surface area contributed by atoms with Crippen molar-refractivity contribution in [2.24, 2.45) is 0 Å². The van der Waals surface area contributed by atoms with Crippen LogP contribution in [0.25, 0.3) is 58.4 Å². The smallest absolute Gasteiger partial charge is 0.123 e. The van der Waals surface area contributed by atoms with Crippen molar-refractivity contribution in [1.29, 1.82) is 0 Å². The van der Waals surface area contributed by atoms with E-state index >= 15 is 0 Å². The summed E-state index contributed by atoms with van der Waals surface area (Å²) in [5.74, 6) is -1.24. The van der Waals surface area contributed by atoms with E-state index in [-0.39, 0.29) is 23.3 Å². The van der Waals surface area contributed by atoms with Gasteiger partial charge in [0.05, 0.1) is 0 Å². The summed E-state index contributed by atoms with van der Waals surface area (Å²) in [6.07, 6.45) is 12.5. The molecular formula is C54H36F4. The highest BCUT2D eigenvalue weighted by molar-refractivity contribution is 5.99. The number of fused-ring (bicyclic) bond motifs is 1. The lowest BCUT2D eigenvalue weighted by atomic mass is 9.95. The van der Waals surface area contributed by atoms with Gasteiger partial charge in [0.2, 0.25) is 0 Å². The number of halogens is 4. The van der Waals surface area contributed by atoms with Gasteiger partial charge in [-0.15, -0.1) is 0 Å². The van der Waals surface area contributed by atoms with E-state index in [2.05, 4.69) is 72.8 Å². The van der Waals surface area contributed by atoms with E-state index in [4.69, 9.17) is 0 Å². The molecule has 0 bridgehead atoms. The van der Waals surface area contributed by atoms with Gasteiger partial charge < -0.3 is 0 Å². The first kappa shape index (κ1) is 37.6. The second-order valence-corrected chi connectivity index (χ2v) is 13.9. The Morgan fingerprint density at radius 3 is 0.845 bits per heavy atom. The zero-order valence-electron chi connectivity index (χ0n) is 31.3. The van der Waals surface area contributed by atoms with Gasteiger partial charge in [-0.25, -0.2) is 17.6 Å². The zero-order valence-corrected chi connectivity index (χ0v) is 31.3. The molecule has 0 radical (unpaired) electrons. The Balaban J connectivity index is 1.01. The molecule has 280 valence electrons. The van der Waals surface area contributed by atoms with Crippen molar-refractivity contribution in [3.63, 3.8) is 0 Å². The van der Waals surface area contributed by atoms with Gasteiger partial charge in [0.1, 0.15) is 23.3 Å². The van der Waals surface area contributed by atoms with Crippen LogP contribution >= 0.6 is 0 Å². The molecule has 0 unspecified atom stereocenters. The molecular weight excluding hydrogens is 725 g/mol. The second kappa shape index (κ2) is 17.2. The number of benzene rings is 8. The topological polar surface area (TPSA) is 0 Å². The molecule has 0 N–H and O–H groups in total.